The standard InChI is InChI=1S/C35H37ClN4O4S/c1-43-35(42)40-32(31(25-12-4-2-5-13-25)26-14-6-3-7-15-26)33(41)39-30-17-9-8-11-24(30)18-19-27-21-37-22-28(44-27)23-45-34-29(36)16-10-20-38-34/h2-17,20,27-28,31-32,37H,18-19,21-23H2,1H3,(H,39,41)(H,40,42)/t27-,28+,32?/m1/s1. The topological polar surface area (TPSA) is 102 Å². The van der Waals surface area contributed by atoms with Gasteiger partial charge in [0.25, 0.3) is 0 Å². The number of nitrogens with one attached hydrogen (secondary N) is 3. The Labute approximate surface area is 273 Å². The van der Waals surface area contributed by atoms with Gasteiger partial charge in [-0.1, -0.05) is 90.5 Å². The molecule has 3 atom stereocenters. The predicted octanol–water partition coefficient (Wildman–Crippen LogP) is 6.31. The minimum absolute atomic E-state index is 0.0154. The fraction of sp³-hybridized carbons (Fsp3) is 0.286. The molecule has 0 radical (unpaired) electrons. The van der Waals surface area contributed by atoms with E-state index in [0.717, 1.165) is 47.0 Å². The zero-order chi connectivity index (χ0) is 31.4. The number of benzene rings is 3. The van der Waals surface area contributed by atoms with Crippen molar-refractivity contribution in [3.8, 4) is 0 Å². The molecule has 1 aliphatic rings. The summed E-state index contributed by atoms with van der Waals surface area (Å²) >= 11 is 7.87. The number of hydrogen-bond acceptors (Lipinski definition) is 7. The van der Waals surface area contributed by atoms with Crippen molar-refractivity contribution in [3.05, 3.63) is 125 Å². The second-order valence-corrected chi connectivity index (χ2v) is 12.2. The van der Waals surface area contributed by atoms with Crippen LogP contribution in [0.1, 0.15) is 29.0 Å². The molecule has 0 bridgehead atoms. The van der Waals surface area contributed by atoms with E-state index in [4.69, 9.17) is 21.1 Å². The lowest BCUT2D eigenvalue weighted by Crippen LogP contribution is -2.48. The first-order valence-electron chi connectivity index (χ1n) is 14.9. The number of aryl methyl sites for hydroxylation is 1. The molecule has 1 aromatic heterocycles. The maximum Gasteiger partial charge on any atom is 0.407 e. The summed E-state index contributed by atoms with van der Waals surface area (Å²) in [6.45, 7) is 1.51. The predicted molar refractivity (Wildman–Crippen MR) is 179 cm³/mol. The van der Waals surface area contributed by atoms with Gasteiger partial charge in [-0.2, -0.15) is 0 Å². The molecule has 1 saturated heterocycles. The number of aromatic nitrogens is 1. The number of thioether (sulfide) groups is 1. The molecule has 234 valence electrons. The number of ether oxygens (including phenoxy) is 2. The van der Waals surface area contributed by atoms with Gasteiger partial charge in [-0.15, -0.1) is 11.8 Å². The van der Waals surface area contributed by atoms with Crippen LogP contribution in [0.5, 0.6) is 0 Å². The minimum atomic E-state index is -0.938. The highest BCUT2D eigenvalue weighted by atomic mass is 35.5. The third kappa shape index (κ3) is 9.08. The van der Waals surface area contributed by atoms with E-state index in [9.17, 15) is 9.59 Å². The Morgan fingerprint density at radius 2 is 1.62 bits per heavy atom. The summed E-state index contributed by atoms with van der Waals surface area (Å²) in [6, 6.07) is 29.8. The van der Waals surface area contributed by atoms with Crippen LogP contribution in [-0.2, 0) is 20.7 Å². The average Bonchev–Trinajstić information content (AvgIpc) is 3.08. The van der Waals surface area contributed by atoms with Gasteiger partial charge in [-0.3, -0.25) is 4.79 Å². The van der Waals surface area contributed by atoms with Gasteiger partial charge in [0, 0.05) is 36.6 Å². The largest absolute Gasteiger partial charge is 0.453 e. The normalized spacial score (nSPS) is 17.0. The number of methoxy groups -OCH3 is 1. The number of morpholine rings is 1. The summed E-state index contributed by atoms with van der Waals surface area (Å²) in [5, 5.41) is 10.8. The number of rotatable bonds is 12. The van der Waals surface area contributed by atoms with Gasteiger partial charge in [0.05, 0.1) is 24.3 Å². The summed E-state index contributed by atoms with van der Waals surface area (Å²) < 4.78 is 11.3. The van der Waals surface area contributed by atoms with Crippen LogP contribution in [0.25, 0.3) is 0 Å². The van der Waals surface area contributed by atoms with Gasteiger partial charge in [-0.25, -0.2) is 9.78 Å². The minimum Gasteiger partial charge on any atom is -0.453 e. The van der Waals surface area contributed by atoms with Gasteiger partial charge in [0.1, 0.15) is 11.1 Å². The molecule has 1 fully saturated rings. The van der Waals surface area contributed by atoms with Gasteiger partial charge in [0.15, 0.2) is 0 Å². The molecule has 5 rings (SSSR count). The van der Waals surface area contributed by atoms with Crippen molar-refractivity contribution in [2.75, 3.05) is 31.3 Å². The molecule has 1 unspecified atom stereocenters. The van der Waals surface area contributed by atoms with E-state index in [1.807, 2.05) is 97.1 Å². The van der Waals surface area contributed by atoms with Crippen molar-refractivity contribution in [1.82, 2.24) is 15.6 Å². The molecular weight excluding hydrogens is 608 g/mol. The van der Waals surface area contributed by atoms with Crippen LogP contribution < -0.4 is 16.0 Å². The number of para-hydroxylation sites is 1. The summed E-state index contributed by atoms with van der Waals surface area (Å²) in [5.74, 6) is -0.0478. The fourth-order valence-electron chi connectivity index (χ4n) is 5.46. The van der Waals surface area contributed by atoms with Crippen molar-refractivity contribution in [1.29, 1.82) is 0 Å². The molecule has 1 aliphatic heterocycles. The first kappa shape index (κ1) is 32.5. The van der Waals surface area contributed by atoms with Crippen LogP contribution in [0.2, 0.25) is 5.02 Å². The van der Waals surface area contributed by atoms with Crippen molar-refractivity contribution >= 4 is 41.1 Å². The highest BCUT2D eigenvalue weighted by molar-refractivity contribution is 7.99. The summed E-state index contributed by atoms with van der Waals surface area (Å²) in [5.41, 5.74) is 3.47. The zero-order valence-electron chi connectivity index (χ0n) is 25.0. The molecular formula is C35H37ClN4O4S. The van der Waals surface area contributed by atoms with Gasteiger partial charge < -0.3 is 25.4 Å². The molecule has 3 aromatic carbocycles. The van der Waals surface area contributed by atoms with Crippen molar-refractivity contribution < 1.29 is 19.1 Å². The van der Waals surface area contributed by atoms with E-state index in [0.29, 0.717) is 17.1 Å². The summed E-state index contributed by atoms with van der Waals surface area (Å²) in [7, 11) is 1.29. The number of nitrogens with zero attached hydrogens (tertiary/aromatic N) is 1. The molecule has 4 aromatic rings. The Bertz CT molecular complexity index is 1510. The molecule has 3 N–H and O–H groups in total. The van der Waals surface area contributed by atoms with Crippen LogP contribution in [0.15, 0.2) is 108 Å². The third-order valence-corrected chi connectivity index (χ3v) is 9.22. The van der Waals surface area contributed by atoms with Crippen LogP contribution in [0.4, 0.5) is 10.5 Å². The maximum absolute atomic E-state index is 14.0. The SMILES string of the molecule is COC(=O)NC(C(=O)Nc1ccccc1CC[C@@H]1CNC[C@@H](CSc2ncccc2Cl)O1)C(c1ccccc1)c1ccccc1. The van der Waals surface area contributed by atoms with E-state index < -0.39 is 18.1 Å². The quantitative estimate of drug-likeness (QED) is 0.155. The van der Waals surface area contributed by atoms with Crippen LogP contribution >= 0.6 is 23.4 Å². The Hall–Kier alpha value is -3.89. The smallest absolute Gasteiger partial charge is 0.407 e. The lowest BCUT2D eigenvalue weighted by Gasteiger charge is -2.31. The first-order valence-corrected chi connectivity index (χ1v) is 16.3. The fourth-order valence-corrected chi connectivity index (χ4v) is 6.63. The number of alkyl carbamates (subject to hydrolysis) is 1. The molecule has 8 nitrogen and oxygen atoms in total. The highest BCUT2D eigenvalue weighted by Crippen LogP contribution is 2.30. The second-order valence-electron chi connectivity index (χ2n) is 10.7. The van der Waals surface area contributed by atoms with Crippen LogP contribution in [0, 0.1) is 0 Å². The Morgan fingerprint density at radius 1 is 0.956 bits per heavy atom. The van der Waals surface area contributed by atoms with E-state index in [1.165, 1.54) is 7.11 Å². The van der Waals surface area contributed by atoms with E-state index in [-0.39, 0.29) is 18.1 Å². The Kier molecular flexibility index (Phi) is 11.9. The van der Waals surface area contributed by atoms with Crippen LogP contribution in [0.3, 0.4) is 0 Å². The second kappa shape index (κ2) is 16.4. The number of amides is 2. The lowest BCUT2D eigenvalue weighted by atomic mass is 9.84. The highest BCUT2D eigenvalue weighted by Gasteiger charge is 2.33. The van der Waals surface area contributed by atoms with Gasteiger partial charge in [0.2, 0.25) is 5.91 Å². The zero-order valence-corrected chi connectivity index (χ0v) is 26.6. The van der Waals surface area contributed by atoms with Gasteiger partial charge >= 0.3 is 6.09 Å². The molecule has 0 spiro atoms. The molecule has 10 heteroatoms. The molecule has 2 amide bonds. The number of carbonyl (C=O) groups excluding carboxylic acids is 2. The van der Waals surface area contributed by atoms with E-state index >= 15 is 0 Å². The summed E-state index contributed by atoms with van der Waals surface area (Å²) in [4.78, 5) is 30.9. The molecule has 0 aliphatic carbocycles. The number of halogens is 1. The lowest BCUT2D eigenvalue weighted by molar-refractivity contribution is -0.118. The molecule has 45 heavy (non-hydrogen) atoms. The van der Waals surface area contributed by atoms with Crippen LogP contribution in [-0.4, -0.2) is 61.2 Å². The van der Waals surface area contributed by atoms with Crippen molar-refractivity contribution in [2.24, 2.45) is 0 Å². The number of carbonyl (C=O) groups is 2. The number of pyridine rings is 1. The first-order chi connectivity index (χ1) is 22.0. The van der Waals surface area contributed by atoms with Crippen molar-refractivity contribution in [3.63, 3.8) is 0 Å². The van der Waals surface area contributed by atoms with Crippen molar-refractivity contribution in [2.45, 2.75) is 42.0 Å². The Balaban J connectivity index is 1.28. The number of hydrogen-bond donors (Lipinski definition) is 3. The molecule has 2 heterocycles. The maximum atomic E-state index is 14.0. The third-order valence-electron chi connectivity index (χ3n) is 7.66. The molecule has 0 saturated carbocycles. The monoisotopic (exact) mass is 644 g/mol. The van der Waals surface area contributed by atoms with Gasteiger partial charge in [-0.05, 0) is 47.7 Å². The van der Waals surface area contributed by atoms with E-state index in [1.54, 1.807) is 18.0 Å². The Morgan fingerprint density at radius 3 is 2.31 bits per heavy atom. The number of anilines is 1. The summed E-state index contributed by atoms with van der Waals surface area (Å²) in [6.07, 6.45) is 2.57. The average molecular weight is 645 g/mol. The van der Waals surface area contributed by atoms with E-state index in [2.05, 4.69) is 20.9 Å².